The van der Waals surface area contributed by atoms with Gasteiger partial charge in [-0.3, -0.25) is 0 Å². The van der Waals surface area contributed by atoms with E-state index in [1.54, 1.807) is 11.8 Å². The predicted octanol–water partition coefficient (Wildman–Crippen LogP) is 1.45. The number of nitrogen functional groups attached to an aromatic ring is 1. The van der Waals surface area contributed by atoms with Crippen LogP contribution in [0.15, 0.2) is 0 Å². The van der Waals surface area contributed by atoms with Crippen LogP contribution >= 0.6 is 11.8 Å². The molecule has 0 atom stereocenters. The molecule has 14 heavy (non-hydrogen) atoms. The van der Waals surface area contributed by atoms with E-state index in [9.17, 15) is 0 Å². The number of hydrogen-bond acceptors (Lipinski definition) is 5. The Labute approximate surface area is 88.7 Å². The van der Waals surface area contributed by atoms with Gasteiger partial charge in [0.25, 0.3) is 0 Å². The minimum atomic E-state index is 0.559. The van der Waals surface area contributed by atoms with E-state index in [4.69, 9.17) is 5.73 Å². The highest BCUT2D eigenvalue weighted by molar-refractivity contribution is 7.98. The lowest BCUT2D eigenvalue weighted by molar-refractivity contribution is 1.02. The molecule has 0 aromatic carbocycles. The summed E-state index contributed by atoms with van der Waals surface area (Å²) in [6.45, 7) is 4.67. The number of nitrogens with two attached hydrogens (primary N) is 1. The third-order valence-electron chi connectivity index (χ3n) is 1.89. The van der Waals surface area contributed by atoms with Gasteiger partial charge in [0, 0.05) is 17.9 Å². The van der Waals surface area contributed by atoms with Crippen molar-refractivity contribution in [3.8, 4) is 0 Å². The number of hydrogen-bond donors (Lipinski definition) is 2. The van der Waals surface area contributed by atoms with Gasteiger partial charge in [-0.1, -0.05) is 0 Å². The van der Waals surface area contributed by atoms with Crippen LogP contribution in [0.5, 0.6) is 0 Å². The van der Waals surface area contributed by atoms with E-state index in [0.29, 0.717) is 11.6 Å². The van der Waals surface area contributed by atoms with Gasteiger partial charge >= 0.3 is 0 Å². The SMILES string of the molecule is CSCCNc1nc(C)nc(N)c1C. The van der Waals surface area contributed by atoms with Crippen molar-refractivity contribution in [2.45, 2.75) is 13.8 Å². The van der Waals surface area contributed by atoms with E-state index in [1.807, 2.05) is 13.8 Å². The molecule has 3 N–H and O–H groups in total. The fourth-order valence-corrected chi connectivity index (χ4v) is 1.40. The Morgan fingerprint density at radius 1 is 1.36 bits per heavy atom. The molecule has 1 aromatic rings. The molecule has 0 radical (unpaired) electrons. The molecule has 0 aliphatic carbocycles. The second-order valence-electron chi connectivity index (χ2n) is 3.05. The Bertz CT molecular complexity index is 314. The summed E-state index contributed by atoms with van der Waals surface area (Å²) in [6.07, 6.45) is 2.08. The summed E-state index contributed by atoms with van der Waals surface area (Å²) in [5.41, 5.74) is 6.66. The quantitative estimate of drug-likeness (QED) is 0.740. The van der Waals surface area contributed by atoms with Gasteiger partial charge in [-0.25, -0.2) is 9.97 Å². The summed E-state index contributed by atoms with van der Waals surface area (Å²) in [5.74, 6) is 3.18. The summed E-state index contributed by atoms with van der Waals surface area (Å²) in [7, 11) is 0. The standard InChI is InChI=1S/C9H16N4S/c1-6-8(10)12-7(2)13-9(6)11-4-5-14-3/h4-5H2,1-3H3,(H3,10,11,12,13). The van der Waals surface area contributed by atoms with Gasteiger partial charge in [0.05, 0.1) is 0 Å². The highest BCUT2D eigenvalue weighted by Crippen LogP contribution is 2.16. The van der Waals surface area contributed by atoms with E-state index < -0.39 is 0 Å². The lowest BCUT2D eigenvalue weighted by Crippen LogP contribution is -2.10. The number of aromatic nitrogens is 2. The Kier molecular flexibility index (Phi) is 4.00. The van der Waals surface area contributed by atoms with Crippen LogP contribution < -0.4 is 11.1 Å². The number of aryl methyl sites for hydroxylation is 1. The van der Waals surface area contributed by atoms with Crippen LogP contribution in [-0.2, 0) is 0 Å². The average Bonchev–Trinajstić information content (AvgIpc) is 2.13. The number of thioether (sulfide) groups is 1. The molecule has 0 unspecified atom stereocenters. The summed E-state index contributed by atoms with van der Waals surface area (Å²) in [5, 5.41) is 3.24. The minimum Gasteiger partial charge on any atom is -0.383 e. The number of rotatable bonds is 4. The van der Waals surface area contributed by atoms with Crippen molar-refractivity contribution >= 4 is 23.4 Å². The third kappa shape index (κ3) is 2.77. The second-order valence-corrected chi connectivity index (χ2v) is 4.03. The summed E-state index contributed by atoms with van der Waals surface area (Å²) in [4.78, 5) is 8.38. The zero-order valence-corrected chi connectivity index (χ0v) is 9.61. The van der Waals surface area contributed by atoms with Crippen molar-refractivity contribution in [2.75, 3.05) is 29.6 Å². The Morgan fingerprint density at radius 2 is 2.07 bits per heavy atom. The largest absolute Gasteiger partial charge is 0.383 e. The zero-order valence-electron chi connectivity index (χ0n) is 8.79. The lowest BCUT2D eigenvalue weighted by atomic mass is 10.3. The van der Waals surface area contributed by atoms with Crippen molar-refractivity contribution in [3.05, 3.63) is 11.4 Å². The van der Waals surface area contributed by atoms with Gasteiger partial charge in [0.2, 0.25) is 0 Å². The maximum atomic E-state index is 5.73. The van der Waals surface area contributed by atoms with E-state index in [1.165, 1.54) is 0 Å². The summed E-state index contributed by atoms with van der Waals surface area (Å²) < 4.78 is 0. The average molecular weight is 212 g/mol. The van der Waals surface area contributed by atoms with Crippen LogP contribution in [0.4, 0.5) is 11.6 Å². The molecule has 1 rings (SSSR count). The Hall–Kier alpha value is -0.970. The molecule has 5 heteroatoms. The maximum absolute atomic E-state index is 5.73. The zero-order chi connectivity index (χ0) is 10.6. The molecule has 4 nitrogen and oxygen atoms in total. The van der Waals surface area contributed by atoms with Crippen molar-refractivity contribution in [1.29, 1.82) is 0 Å². The normalized spacial score (nSPS) is 10.2. The molecule has 0 bridgehead atoms. The molecule has 0 aliphatic heterocycles. The van der Waals surface area contributed by atoms with Crippen LogP contribution in [0.2, 0.25) is 0 Å². The minimum absolute atomic E-state index is 0.559. The molecule has 0 spiro atoms. The number of nitrogens with one attached hydrogen (secondary N) is 1. The monoisotopic (exact) mass is 212 g/mol. The van der Waals surface area contributed by atoms with Crippen molar-refractivity contribution in [1.82, 2.24) is 9.97 Å². The highest BCUT2D eigenvalue weighted by atomic mass is 32.2. The first kappa shape index (κ1) is 11.1. The van der Waals surface area contributed by atoms with E-state index in [-0.39, 0.29) is 0 Å². The highest BCUT2D eigenvalue weighted by Gasteiger charge is 2.04. The van der Waals surface area contributed by atoms with Crippen LogP contribution in [0.1, 0.15) is 11.4 Å². The van der Waals surface area contributed by atoms with Gasteiger partial charge in [0.1, 0.15) is 17.5 Å². The molecule has 0 fully saturated rings. The van der Waals surface area contributed by atoms with Gasteiger partial charge in [-0.2, -0.15) is 11.8 Å². The fraction of sp³-hybridized carbons (Fsp3) is 0.556. The fourth-order valence-electron chi connectivity index (χ4n) is 1.09. The first-order chi connectivity index (χ1) is 6.65. The van der Waals surface area contributed by atoms with Crippen LogP contribution in [0, 0.1) is 13.8 Å². The molecule has 0 amide bonds. The van der Waals surface area contributed by atoms with E-state index in [0.717, 1.165) is 23.7 Å². The number of anilines is 2. The molecule has 0 saturated heterocycles. The lowest BCUT2D eigenvalue weighted by Gasteiger charge is -2.09. The van der Waals surface area contributed by atoms with Crippen molar-refractivity contribution in [3.63, 3.8) is 0 Å². The summed E-state index contributed by atoms with van der Waals surface area (Å²) in [6, 6.07) is 0. The Morgan fingerprint density at radius 3 is 2.71 bits per heavy atom. The molecule has 1 heterocycles. The maximum Gasteiger partial charge on any atom is 0.134 e. The smallest absolute Gasteiger partial charge is 0.134 e. The molecule has 0 saturated carbocycles. The van der Waals surface area contributed by atoms with Crippen molar-refractivity contribution in [2.24, 2.45) is 0 Å². The molecular weight excluding hydrogens is 196 g/mol. The third-order valence-corrected chi connectivity index (χ3v) is 2.51. The molecular formula is C9H16N4S. The predicted molar refractivity (Wildman–Crippen MR) is 62.8 cm³/mol. The number of nitrogens with zero attached hydrogens (tertiary/aromatic N) is 2. The molecule has 1 aromatic heterocycles. The van der Waals surface area contributed by atoms with Crippen LogP contribution in [0.3, 0.4) is 0 Å². The van der Waals surface area contributed by atoms with E-state index >= 15 is 0 Å². The topological polar surface area (TPSA) is 63.8 Å². The Balaban J connectivity index is 2.75. The van der Waals surface area contributed by atoms with E-state index in [2.05, 4.69) is 21.5 Å². The summed E-state index contributed by atoms with van der Waals surface area (Å²) >= 11 is 1.80. The van der Waals surface area contributed by atoms with Gasteiger partial charge in [-0.15, -0.1) is 0 Å². The van der Waals surface area contributed by atoms with Crippen LogP contribution in [-0.4, -0.2) is 28.5 Å². The first-order valence-corrected chi connectivity index (χ1v) is 5.88. The van der Waals surface area contributed by atoms with Gasteiger partial charge in [0.15, 0.2) is 0 Å². The van der Waals surface area contributed by atoms with Gasteiger partial charge < -0.3 is 11.1 Å². The van der Waals surface area contributed by atoms with Crippen LogP contribution in [0.25, 0.3) is 0 Å². The second kappa shape index (κ2) is 5.05. The first-order valence-electron chi connectivity index (χ1n) is 4.48. The molecule has 0 aliphatic rings. The van der Waals surface area contributed by atoms with Crippen molar-refractivity contribution < 1.29 is 0 Å². The molecule has 78 valence electrons. The van der Waals surface area contributed by atoms with Gasteiger partial charge in [-0.05, 0) is 20.1 Å².